The Balaban J connectivity index is 1.92. The van der Waals surface area contributed by atoms with Gasteiger partial charge in [0.05, 0.1) is 0 Å². The van der Waals surface area contributed by atoms with E-state index in [1.807, 2.05) is 0 Å². The van der Waals surface area contributed by atoms with Crippen LogP contribution in [0.2, 0.25) is 0 Å². The zero-order valence-corrected chi connectivity index (χ0v) is 12.7. The third kappa shape index (κ3) is 2.76. The monoisotopic (exact) mass is 329 g/mol. The minimum absolute atomic E-state index is 0.116. The molecule has 1 N–H and O–H groups in total. The molecule has 0 aliphatic carbocycles. The number of rotatable bonds is 3. The van der Waals surface area contributed by atoms with E-state index >= 15 is 0 Å². The molecule has 2 heterocycles. The second-order valence-corrected chi connectivity index (χ2v) is 5.22. The van der Waals surface area contributed by atoms with Gasteiger partial charge in [-0.25, -0.2) is 13.8 Å². The molecule has 3 rings (SSSR count). The smallest absolute Gasteiger partial charge is 0.264 e. The zero-order chi connectivity index (χ0) is 17.3. The summed E-state index contributed by atoms with van der Waals surface area (Å²) in [6, 6.07) is 8.26. The molecular weight excluding hydrogens is 316 g/mol. The molecule has 0 aliphatic rings. The quantitative estimate of drug-likeness (QED) is 0.801. The van der Waals surface area contributed by atoms with Gasteiger partial charge in [0.1, 0.15) is 22.8 Å². The van der Waals surface area contributed by atoms with Gasteiger partial charge in [-0.1, -0.05) is 6.07 Å². The van der Waals surface area contributed by atoms with Crippen molar-refractivity contribution in [1.82, 2.24) is 14.9 Å². The summed E-state index contributed by atoms with van der Waals surface area (Å²) in [4.78, 5) is 28.6. The molecule has 0 saturated heterocycles. The summed E-state index contributed by atoms with van der Waals surface area (Å²) in [5.74, 6) is -2.22. The van der Waals surface area contributed by atoms with Crippen molar-refractivity contribution in [1.29, 1.82) is 0 Å². The Bertz CT molecular complexity index is 979. The molecule has 1 amide bonds. The second-order valence-electron chi connectivity index (χ2n) is 5.22. The van der Waals surface area contributed by atoms with Crippen LogP contribution >= 0.6 is 0 Å². The number of pyridine rings is 2. The molecule has 0 spiro atoms. The van der Waals surface area contributed by atoms with Crippen LogP contribution in [-0.2, 0) is 13.6 Å². The van der Waals surface area contributed by atoms with E-state index in [-0.39, 0.29) is 17.7 Å². The third-order valence-corrected chi connectivity index (χ3v) is 3.70. The highest BCUT2D eigenvalue weighted by Gasteiger charge is 2.16. The number of carbonyl (C=O) groups excluding carboxylic acids is 1. The number of carbonyl (C=O) groups is 1. The van der Waals surface area contributed by atoms with Gasteiger partial charge in [0, 0.05) is 30.7 Å². The number of nitrogens with zero attached hydrogens (tertiary/aromatic N) is 2. The van der Waals surface area contributed by atoms with Crippen LogP contribution in [0, 0.1) is 11.6 Å². The summed E-state index contributed by atoms with van der Waals surface area (Å²) >= 11 is 0. The highest BCUT2D eigenvalue weighted by molar-refractivity contribution is 5.96. The Morgan fingerprint density at radius 3 is 2.62 bits per heavy atom. The van der Waals surface area contributed by atoms with Gasteiger partial charge in [-0.05, 0) is 30.3 Å². The molecule has 0 fully saturated rings. The molecule has 0 radical (unpaired) electrons. The van der Waals surface area contributed by atoms with Crippen LogP contribution in [-0.4, -0.2) is 15.5 Å². The Kier molecular flexibility index (Phi) is 4.07. The topological polar surface area (TPSA) is 64.0 Å². The van der Waals surface area contributed by atoms with Crippen molar-refractivity contribution >= 4 is 16.9 Å². The summed E-state index contributed by atoms with van der Waals surface area (Å²) in [5, 5.41) is 2.99. The molecule has 24 heavy (non-hydrogen) atoms. The number of hydrogen-bond acceptors (Lipinski definition) is 3. The minimum atomic E-state index is -0.758. The number of benzene rings is 1. The predicted molar refractivity (Wildman–Crippen MR) is 84.5 cm³/mol. The number of hydrogen-bond donors (Lipinski definition) is 1. The van der Waals surface area contributed by atoms with Crippen molar-refractivity contribution in [2.75, 3.05) is 0 Å². The fraction of sp³-hybridized carbons (Fsp3) is 0.118. The summed E-state index contributed by atoms with van der Waals surface area (Å²) in [7, 11) is 1.50. The van der Waals surface area contributed by atoms with E-state index in [0.29, 0.717) is 11.0 Å². The first kappa shape index (κ1) is 15.8. The first-order chi connectivity index (χ1) is 11.5. The minimum Gasteiger partial charge on any atom is -0.348 e. The van der Waals surface area contributed by atoms with E-state index in [9.17, 15) is 18.4 Å². The van der Waals surface area contributed by atoms with Crippen molar-refractivity contribution in [2.45, 2.75) is 6.54 Å². The van der Waals surface area contributed by atoms with Crippen LogP contribution in [0.4, 0.5) is 8.78 Å². The highest BCUT2D eigenvalue weighted by atomic mass is 19.1. The van der Waals surface area contributed by atoms with Crippen molar-refractivity contribution in [2.24, 2.45) is 7.05 Å². The van der Waals surface area contributed by atoms with Crippen LogP contribution in [0.25, 0.3) is 11.0 Å². The summed E-state index contributed by atoms with van der Waals surface area (Å²) in [6.45, 7) is -0.356. The molecule has 7 heteroatoms. The maximum Gasteiger partial charge on any atom is 0.264 e. The normalized spacial score (nSPS) is 10.8. The first-order valence-corrected chi connectivity index (χ1v) is 7.15. The Hall–Kier alpha value is -3.09. The molecule has 0 unspecified atom stereocenters. The Morgan fingerprint density at radius 2 is 1.92 bits per heavy atom. The van der Waals surface area contributed by atoms with Crippen LogP contribution in [0.3, 0.4) is 0 Å². The molecule has 0 saturated carbocycles. The Morgan fingerprint density at radius 1 is 1.21 bits per heavy atom. The lowest BCUT2D eigenvalue weighted by Gasteiger charge is -2.09. The van der Waals surface area contributed by atoms with E-state index in [4.69, 9.17) is 0 Å². The van der Waals surface area contributed by atoms with Gasteiger partial charge in [0.15, 0.2) is 0 Å². The van der Waals surface area contributed by atoms with Crippen LogP contribution in [0.5, 0.6) is 0 Å². The predicted octanol–water partition coefficient (Wildman–Crippen LogP) is 2.14. The standard InChI is InChI=1S/C17H13F2N3O2/c1-22-15-10(4-3-7-20-15)8-11(17(22)24)16(23)21-9-12-13(18)5-2-6-14(12)19/h2-8H,9H2,1H3,(H,21,23). The van der Waals surface area contributed by atoms with Gasteiger partial charge in [0.2, 0.25) is 0 Å². The molecule has 2 aromatic heterocycles. The lowest BCUT2D eigenvalue weighted by atomic mass is 10.1. The molecule has 122 valence electrons. The van der Waals surface area contributed by atoms with Crippen molar-refractivity contribution in [3.63, 3.8) is 0 Å². The molecule has 0 atom stereocenters. The Labute approximate surface area is 135 Å². The number of aryl methyl sites for hydroxylation is 1. The third-order valence-electron chi connectivity index (χ3n) is 3.70. The average Bonchev–Trinajstić information content (AvgIpc) is 2.57. The van der Waals surface area contributed by atoms with E-state index < -0.39 is 23.1 Å². The summed E-state index contributed by atoms with van der Waals surface area (Å²) in [6.07, 6.45) is 1.54. The van der Waals surface area contributed by atoms with Crippen LogP contribution < -0.4 is 10.9 Å². The fourth-order valence-electron chi connectivity index (χ4n) is 2.42. The average molecular weight is 329 g/mol. The SMILES string of the molecule is Cn1c(=O)c(C(=O)NCc2c(F)cccc2F)cc2cccnc21. The number of fused-ring (bicyclic) bond motifs is 1. The molecular formula is C17H13F2N3O2. The van der Waals surface area contributed by atoms with Gasteiger partial charge < -0.3 is 5.32 Å². The molecule has 3 aromatic rings. The number of halogens is 2. The first-order valence-electron chi connectivity index (χ1n) is 7.15. The van der Waals surface area contributed by atoms with Crippen molar-refractivity contribution < 1.29 is 13.6 Å². The van der Waals surface area contributed by atoms with E-state index in [0.717, 1.165) is 12.1 Å². The molecule has 1 aromatic carbocycles. The van der Waals surface area contributed by atoms with Gasteiger partial charge in [0.25, 0.3) is 11.5 Å². The highest BCUT2D eigenvalue weighted by Crippen LogP contribution is 2.13. The van der Waals surface area contributed by atoms with Crippen LogP contribution in [0.1, 0.15) is 15.9 Å². The second kappa shape index (κ2) is 6.19. The summed E-state index contributed by atoms with van der Waals surface area (Å²) in [5.41, 5.74) is -0.466. The van der Waals surface area contributed by atoms with Gasteiger partial charge in [-0.3, -0.25) is 14.2 Å². The van der Waals surface area contributed by atoms with Gasteiger partial charge in [-0.15, -0.1) is 0 Å². The van der Waals surface area contributed by atoms with Gasteiger partial charge in [-0.2, -0.15) is 0 Å². The fourth-order valence-corrected chi connectivity index (χ4v) is 2.42. The number of aromatic nitrogens is 2. The van der Waals surface area contributed by atoms with E-state index in [2.05, 4.69) is 10.3 Å². The number of amides is 1. The molecule has 0 bridgehead atoms. The van der Waals surface area contributed by atoms with Gasteiger partial charge >= 0.3 is 0 Å². The molecule has 0 aliphatic heterocycles. The lowest BCUT2D eigenvalue weighted by molar-refractivity contribution is 0.0948. The lowest BCUT2D eigenvalue weighted by Crippen LogP contribution is -2.32. The van der Waals surface area contributed by atoms with Crippen molar-refractivity contribution in [3.8, 4) is 0 Å². The largest absolute Gasteiger partial charge is 0.348 e. The number of nitrogens with one attached hydrogen (secondary N) is 1. The molecule has 5 nitrogen and oxygen atoms in total. The van der Waals surface area contributed by atoms with Crippen molar-refractivity contribution in [3.05, 3.63) is 75.7 Å². The van der Waals surface area contributed by atoms with Crippen LogP contribution in [0.15, 0.2) is 47.4 Å². The van der Waals surface area contributed by atoms with E-state index in [1.54, 1.807) is 18.3 Å². The maximum atomic E-state index is 13.6. The van der Waals surface area contributed by atoms with E-state index in [1.165, 1.54) is 23.7 Å². The summed E-state index contributed by atoms with van der Waals surface area (Å²) < 4.78 is 28.4. The maximum absolute atomic E-state index is 13.6. The zero-order valence-electron chi connectivity index (χ0n) is 12.7.